The topological polar surface area (TPSA) is 34.1 Å². The maximum absolute atomic E-state index is 12.3. The molecular formula is C17H28O2S. The SMILES string of the molecule is CC(C)(C)CCS(=O)(=O)c1ccc(CC(C)(C)C)cc1. The highest BCUT2D eigenvalue weighted by Crippen LogP contribution is 2.24. The Morgan fingerprint density at radius 1 is 0.850 bits per heavy atom. The van der Waals surface area contributed by atoms with Gasteiger partial charge in [0.1, 0.15) is 0 Å². The summed E-state index contributed by atoms with van der Waals surface area (Å²) in [6.45, 7) is 12.7. The van der Waals surface area contributed by atoms with Gasteiger partial charge in [-0.1, -0.05) is 53.7 Å². The zero-order chi connectivity index (χ0) is 15.6. The molecule has 0 N–H and O–H groups in total. The zero-order valence-electron chi connectivity index (χ0n) is 13.7. The van der Waals surface area contributed by atoms with E-state index in [1.165, 1.54) is 5.56 Å². The maximum atomic E-state index is 12.3. The molecule has 0 aromatic heterocycles. The zero-order valence-corrected chi connectivity index (χ0v) is 14.5. The van der Waals surface area contributed by atoms with Gasteiger partial charge < -0.3 is 0 Å². The normalized spacial score (nSPS) is 13.5. The van der Waals surface area contributed by atoms with E-state index in [1.807, 2.05) is 12.1 Å². The van der Waals surface area contributed by atoms with Crippen molar-refractivity contribution < 1.29 is 8.42 Å². The quantitative estimate of drug-likeness (QED) is 0.820. The summed E-state index contributed by atoms with van der Waals surface area (Å²) in [5, 5.41) is 0. The average Bonchev–Trinajstić information content (AvgIpc) is 2.24. The van der Waals surface area contributed by atoms with Crippen LogP contribution in [0.2, 0.25) is 0 Å². The van der Waals surface area contributed by atoms with E-state index in [0.29, 0.717) is 11.3 Å². The molecule has 1 rings (SSSR count). The Morgan fingerprint density at radius 2 is 1.35 bits per heavy atom. The molecule has 0 spiro atoms. The highest BCUT2D eigenvalue weighted by Gasteiger charge is 2.19. The number of benzene rings is 1. The van der Waals surface area contributed by atoms with E-state index in [9.17, 15) is 8.42 Å². The summed E-state index contributed by atoms with van der Waals surface area (Å²) in [4.78, 5) is 0.444. The number of hydrogen-bond donors (Lipinski definition) is 0. The van der Waals surface area contributed by atoms with Crippen LogP contribution in [0.15, 0.2) is 29.2 Å². The van der Waals surface area contributed by atoms with E-state index in [1.54, 1.807) is 12.1 Å². The van der Waals surface area contributed by atoms with Crippen molar-refractivity contribution in [2.24, 2.45) is 10.8 Å². The Balaban J connectivity index is 2.82. The molecule has 0 atom stereocenters. The predicted molar refractivity (Wildman–Crippen MR) is 85.7 cm³/mol. The van der Waals surface area contributed by atoms with Crippen LogP contribution in [0.1, 0.15) is 53.5 Å². The molecule has 1 aromatic carbocycles. The van der Waals surface area contributed by atoms with Crippen LogP contribution in [-0.4, -0.2) is 14.2 Å². The van der Waals surface area contributed by atoms with Crippen LogP contribution < -0.4 is 0 Å². The standard InChI is InChI=1S/C17H28O2S/c1-16(2,3)11-12-20(18,19)15-9-7-14(8-10-15)13-17(4,5)6/h7-10H,11-13H2,1-6H3. The minimum absolute atomic E-state index is 0.0409. The van der Waals surface area contributed by atoms with Crippen molar-refractivity contribution >= 4 is 9.84 Å². The average molecular weight is 296 g/mol. The van der Waals surface area contributed by atoms with Crippen molar-refractivity contribution in [2.75, 3.05) is 5.75 Å². The molecule has 0 radical (unpaired) electrons. The maximum Gasteiger partial charge on any atom is 0.178 e. The monoisotopic (exact) mass is 296 g/mol. The smallest absolute Gasteiger partial charge is 0.178 e. The predicted octanol–water partition coefficient (Wildman–Crippen LogP) is 4.49. The Morgan fingerprint density at radius 3 is 1.75 bits per heavy atom. The van der Waals surface area contributed by atoms with E-state index in [4.69, 9.17) is 0 Å². The van der Waals surface area contributed by atoms with Crippen LogP contribution in [0.4, 0.5) is 0 Å². The van der Waals surface area contributed by atoms with E-state index < -0.39 is 9.84 Å². The molecule has 0 aliphatic carbocycles. The Bertz CT molecular complexity index is 526. The van der Waals surface area contributed by atoms with E-state index in [-0.39, 0.29) is 16.6 Å². The van der Waals surface area contributed by atoms with Crippen LogP contribution >= 0.6 is 0 Å². The first-order valence-corrected chi connectivity index (χ1v) is 8.86. The van der Waals surface area contributed by atoms with Gasteiger partial charge in [-0.3, -0.25) is 0 Å². The van der Waals surface area contributed by atoms with Crippen LogP contribution in [-0.2, 0) is 16.3 Å². The molecule has 0 fully saturated rings. The van der Waals surface area contributed by atoms with Gasteiger partial charge in [0.2, 0.25) is 0 Å². The van der Waals surface area contributed by atoms with E-state index in [2.05, 4.69) is 41.5 Å². The summed E-state index contributed by atoms with van der Waals surface area (Å²) in [6.07, 6.45) is 1.63. The number of rotatable bonds is 4. The lowest BCUT2D eigenvalue weighted by Gasteiger charge is -2.19. The second-order valence-electron chi connectivity index (χ2n) is 8.01. The molecule has 2 nitrogen and oxygen atoms in total. The first kappa shape index (κ1) is 17.2. The minimum atomic E-state index is -3.15. The van der Waals surface area contributed by atoms with Gasteiger partial charge in [-0.15, -0.1) is 0 Å². The van der Waals surface area contributed by atoms with Crippen molar-refractivity contribution in [1.29, 1.82) is 0 Å². The minimum Gasteiger partial charge on any atom is -0.224 e. The first-order chi connectivity index (χ1) is 8.89. The molecule has 20 heavy (non-hydrogen) atoms. The molecule has 3 heteroatoms. The van der Waals surface area contributed by atoms with Crippen molar-refractivity contribution in [3.8, 4) is 0 Å². The Kier molecular flexibility index (Phi) is 5.07. The van der Waals surface area contributed by atoms with Gasteiger partial charge >= 0.3 is 0 Å². The summed E-state index contributed by atoms with van der Waals surface area (Å²) in [6, 6.07) is 7.38. The third-order valence-electron chi connectivity index (χ3n) is 3.14. The fourth-order valence-electron chi connectivity index (χ4n) is 1.99. The molecule has 0 saturated heterocycles. The first-order valence-electron chi connectivity index (χ1n) is 7.21. The fraction of sp³-hybridized carbons (Fsp3) is 0.647. The molecule has 0 amide bonds. The highest BCUT2D eigenvalue weighted by molar-refractivity contribution is 7.91. The summed E-state index contributed by atoms with van der Waals surface area (Å²) in [5.74, 6) is 0.217. The lowest BCUT2D eigenvalue weighted by atomic mass is 9.88. The molecule has 0 unspecified atom stereocenters. The third kappa shape index (κ3) is 6.08. The number of sulfone groups is 1. The van der Waals surface area contributed by atoms with Gasteiger partial charge in [0.05, 0.1) is 10.6 Å². The van der Waals surface area contributed by atoms with Crippen molar-refractivity contribution in [3.05, 3.63) is 29.8 Å². The summed E-state index contributed by atoms with van der Waals surface area (Å²) in [5.41, 5.74) is 1.44. The molecule has 0 aliphatic heterocycles. The van der Waals surface area contributed by atoms with Gasteiger partial charge in [-0.25, -0.2) is 8.42 Å². The molecule has 1 aromatic rings. The molecule has 0 heterocycles. The van der Waals surface area contributed by atoms with Gasteiger partial charge in [0, 0.05) is 0 Å². The lowest BCUT2D eigenvalue weighted by Crippen LogP contribution is -2.15. The van der Waals surface area contributed by atoms with Crippen molar-refractivity contribution in [1.82, 2.24) is 0 Å². The van der Waals surface area contributed by atoms with Gasteiger partial charge in [0.15, 0.2) is 9.84 Å². The van der Waals surface area contributed by atoms with Crippen LogP contribution in [0.5, 0.6) is 0 Å². The summed E-state index contributed by atoms with van der Waals surface area (Å²) < 4.78 is 24.6. The van der Waals surface area contributed by atoms with Crippen molar-refractivity contribution in [3.63, 3.8) is 0 Å². The lowest BCUT2D eigenvalue weighted by molar-refractivity contribution is 0.397. The van der Waals surface area contributed by atoms with Crippen LogP contribution in [0.25, 0.3) is 0 Å². The Labute approximate surface area is 124 Å². The second-order valence-corrected chi connectivity index (χ2v) is 10.1. The van der Waals surface area contributed by atoms with Crippen LogP contribution in [0.3, 0.4) is 0 Å². The van der Waals surface area contributed by atoms with Gasteiger partial charge in [-0.05, 0) is 41.4 Å². The molecule has 0 bridgehead atoms. The van der Waals surface area contributed by atoms with E-state index >= 15 is 0 Å². The van der Waals surface area contributed by atoms with E-state index in [0.717, 1.165) is 6.42 Å². The highest BCUT2D eigenvalue weighted by atomic mass is 32.2. The second kappa shape index (κ2) is 5.88. The summed E-state index contributed by atoms with van der Waals surface area (Å²) >= 11 is 0. The fourth-order valence-corrected chi connectivity index (χ4v) is 3.65. The van der Waals surface area contributed by atoms with Gasteiger partial charge in [0.25, 0.3) is 0 Å². The molecule has 0 saturated carbocycles. The molecule has 114 valence electrons. The largest absolute Gasteiger partial charge is 0.224 e. The van der Waals surface area contributed by atoms with Gasteiger partial charge in [-0.2, -0.15) is 0 Å². The molecule has 0 aliphatic rings. The Hall–Kier alpha value is -0.830. The van der Waals surface area contributed by atoms with Crippen LogP contribution in [0, 0.1) is 10.8 Å². The molecular weight excluding hydrogens is 268 g/mol. The third-order valence-corrected chi connectivity index (χ3v) is 4.87. The number of hydrogen-bond acceptors (Lipinski definition) is 2. The van der Waals surface area contributed by atoms with Crippen molar-refractivity contribution in [2.45, 2.75) is 59.3 Å². The summed E-state index contributed by atoms with van der Waals surface area (Å²) in [7, 11) is -3.15.